The van der Waals surface area contributed by atoms with Crippen LogP contribution >= 0.6 is 15.9 Å². The van der Waals surface area contributed by atoms with Crippen LogP contribution in [0.25, 0.3) is 11.4 Å². The third kappa shape index (κ3) is 10.9. The van der Waals surface area contributed by atoms with E-state index in [-0.39, 0.29) is 18.3 Å². The van der Waals surface area contributed by atoms with Gasteiger partial charge in [-0.25, -0.2) is 9.36 Å². The monoisotopic (exact) mass is 1010 g/mol. The third-order valence-corrected chi connectivity index (χ3v) is 13.2. The van der Waals surface area contributed by atoms with Crippen molar-refractivity contribution in [2.75, 3.05) is 72.0 Å². The Balaban J connectivity index is 0.000000189. The lowest BCUT2D eigenvalue weighted by molar-refractivity contribution is -0.208. The summed E-state index contributed by atoms with van der Waals surface area (Å²) >= 11 is 3.45. The Labute approximate surface area is 397 Å². The van der Waals surface area contributed by atoms with Crippen molar-refractivity contribution < 1.29 is 45.9 Å². The first-order chi connectivity index (χ1) is 32.1. The SMILES string of the molecule is CC1(C)OB(c2ccc(N3CCN(c4ccc(-n5cc(C(O)C(F)(F)F)nn5)cc4)CC3)cc2)OC1(C)C.OC(c1cn(-c2ccc(N3CCN(c4ccc(Br)cc4)CC3)cc2)nn1)C(F)(F)F. The number of rotatable bonds is 9. The number of hydrogen-bond donors (Lipinski definition) is 2. The predicted octanol–water partition coefficient (Wildman–Crippen LogP) is 7.44. The van der Waals surface area contributed by atoms with Crippen LogP contribution in [0, 0.1) is 0 Å². The maximum atomic E-state index is 12.7. The number of nitrogens with zero attached hydrogens (tertiary/aromatic N) is 10. The molecule has 9 rings (SSSR count). The number of benzene rings is 4. The van der Waals surface area contributed by atoms with Crippen molar-refractivity contribution in [3.63, 3.8) is 0 Å². The van der Waals surface area contributed by atoms with Gasteiger partial charge in [0.15, 0.2) is 12.2 Å². The van der Waals surface area contributed by atoms with Crippen molar-refractivity contribution in [3.8, 4) is 11.4 Å². The average Bonchev–Trinajstić information content (AvgIpc) is 4.07. The molecule has 4 aromatic carbocycles. The van der Waals surface area contributed by atoms with Gasteiger partial charge in [0.1, 0.15) is 11.4 Å². The molecule has 0 spiro atoms. The second kappa shape index (κ2) is 19.4. The Morgan fingerprint density at radius 2 is 0.779 bits per heavy atom. The lowest BCUT2D eigenvalue weighted by Gasteiger charge is -2.37. The largest absolute Gasteiger partial charge is 0.494 e. The zero-order valence-corrected chi connectivity index (χ0v) is 39.2. The van der Waals surface area contributed by atoms with Gasteiger partial charge in [0.25, 0.3) is 0 Å². The minimum atomic E-state index is -4.79. The summed E-state index contributed by atoms with van der Waals surface area (Å²) in [6.07, 6.45) is -12.7. The number of aliphatic hydroxyl groups is 2. The van der Waals surface area contributed by atoms with Crippen LogP contribution in [0.5, 0.6) is 0 Å². The van der Waals surface area contributed by atoms with Gasteiger partial charge in [0, 0.05) is 79.6 Å². The third-order valence-electron chi connectivity index (χ3n) is 12.7. The van der Waals surface area contributed by atoms with Crippen LogP contribution in [0.15, 0.2) is 114 Å². The molecule has 0 aliphatic carbocycles. The molecule has 3 aliphatic heterocycles. The fraction of sp³-hybridized carbons (Fsp3) is 0.391. The fourth-order valence-corrected chi connectivity index (χ4v) is 8.21. The van der Waals surface area contributed by atoms with Crippen LogP contribution in [0.4, 0.5) is 49.1 Å². The van der Waals surface area contributed by atoms with E-state index >= 15 is 0 Å². The second-order valence-electron chi connectivity index (χ2n) is 17.7. The summed E-state index contributed by atoms with van der Waals surface area (Å²) in [5.74, 6) is 0. The molecular weight excluding hydrogens is 961 g/mol. The smallest absolute Gasteiger partial charge is 0.399 e. The first-order valence-corrected chi connectivity index (χ1v) is 22.7. The minimum absolute atomic E-state index is 0.376. The molecule has 5 heterocycles. The number of anilines is 4. The van der Waals surface area contributed by atoms with E-state index in [4.69, 9.17) is 9.31 Å². The van der Waals surface area contributed by atoms with Gasteiger partial charge in [-0.2, -0.15) is 26.3 Å². The van der Waals surface area contributed by atoms with Crippen LogP contribution in [0.3, 0.4) is 0 Å². The van der Waals surface area contributed by atoms with Crippen LogP contribution in [-0.2, 0) is 9.31 Å². The summed E-state index contributed by atoms with van der Waals surface area (Å²) in [4.78, 5) is 9.19. The fourth-order valence-electron chi connectivity index (χ4n) is 7.94. The van der Waals surface area contributed by atoms with E-state index in [2.05, 4.69) is 92.6 Å². The molecule has 3 aliphatic rings. The Bertz CT molecular complexity index is 2580. The molecule has 2 atom stereocenters. The van der Waals surface area contributed by atoms with Crippen molar-refractivity contribution in [2.24, 2.45) is 0 Å². The summed E-state index contributed by atoms with van der Waals surface area (Å²) in [6, 6.07) is 31.3. The number of aliphatic hydroxyl groups excluding tert-OH is 2. The van der Waals surface area contributed by atoms with Gasteiger partial charge >= 0.3 is 19.5 Å². The maximum absolute atomic E-state index is 12.7. The van der Waals surface area contributed by atoms with E-state index in [1.807, 2.05) is 64.1 Å². The van der Waals surface area contributed by atoms with Gasteiger partial charge in [-0.1, -0.05) is 38.5 Å². The maximum Gasteiger partial charge on any atom is 0.494 e. The number of piperazine rings is 2. The molecule has 22 heteroatoms. The zero-order valence-electron chi connectivity index (χ0n) is 37.6. The summed E-state index contributed by atoms with van der Waals surface area (Å²) in [6.45, 7) is 15.0. The number of halogens is 7. The van der Waals surface area contributed by atoms with Crippen LogP contribution in [-0.4, -0.2) is 123 Å². The molecule has 2 N–H and O–H groups in total. The minimum Gasteiger partial charge on any atom is -0.399 e. The second-order valence-corrected chi connectivity index (χ2v) is 18.6. The topological polar surface area (TPSA) is 133 Å². The van der Waals surface area contributed by atoms with E-state index in [0.29, 0.717) is 11.4 Å². The standard InChI is InChI=1S/C26H31BF3N5O3.C20H19BrF3N5O/c1-24(2)25(3,4)38-27(37-24)18-5-7-19(8-6-18)33-13-15-34(16-14-33)20-9-11-21(12-10-20)35-17-22(31-32-35)23(36)26(28,29)30;21-14-1-3-15(4-2-14)27-9-11-28(12-10-27)16-5-7-17(8-6-16)29-13-18(25-26-29)19(30)20(22,23)24/h5-12,17,23,36H,13-16H2,1-4H3;1-8,13,19,30H,9-12H2. The Morgan fingerprint density at radius 1 is 0.500 bits per heavy atom. The first kappa shape index (κ1) is 48.8. The van der Waals surface area contributed by atoms with Crippen molar-refractivity contribution in [1.29, 1.82) is 0 Å². The molecule has 3 fully saturated rings. The van der Waals surface area contributed by atoms with Gasteiger partial charge < -0.3 is 39.1 Å². The number of hydrogen-bond acceptors (Lipinski definition) is 12. The van der Waals surface area contributed by atoms with Crippen LogP contribution < -0.4 is 25.1 Å². The molecule has 14 nitrogen and oxygen atoms in total. The average molecular weight is 1010 g/mol. The van der Waals surface area contributed by atoms with Crippen molar-refractivity contribution in [3.05, 3.63) is 125 Å². The van der Waals surface area contributed by atoms with E-state index in [0.717, 1.165) is 91.7 Å². The molecule has 3 saturated heterocycles. The van der Waals surface area contributed by atoms with Gasteiger partial charge in [-0.15, -0.1) is 10.2 Å². The Kier molecular flexibility index (Phi) is 13.9. The highest BCUT2D eigenvalue weighted by Gasteiger charge is 2.51. The van der Waals surface area contributed by atoms with Gasteiger partial charge in [-0.3, -0.25) is 0 Å². The van der Waals surface area contributed by atoms with Crippen LogP contribution in [0.1, 0.15) is 51.3 Å². The molecule has 6 aromatic rings. The molecule has 0 radical (unpaired) electrons. The molecule has 2 aromatic heterocycles. The predicted molar refractivity (Wildman–Crippen MR) is 250 cm³/mol. The zero-order chi connectivity index (χ0) is 48.6. The van der Waals surface area contributed by atoms with E-state index in [1.165, 1.54) is 15.1 Å². The Hall–Kier alpha value is -5.68. The molecular formula is C46H50BBrF6N10O4. The highest BCUT2D eigenvalue weighted by atomic mass is 79.9. The lowest BCUT2D eigenvalue weighted by atomic mass is 9.79. The Morgan fingerprint density at radius 3 is 1.09 bits per heavy atom. The normalized spacial score (nSPS) is 18.3. The van der Waals surface area contributed by atoms with E-state index in [9.17, 15) is 36.6 Å². The number of aromatic nitrogens is 6. The van der Waals surface area contributed by atoms with E-state index < -0.39 is 35.9 Å². The molecule has 360 valence electrons. The van der Waals surface area contributed by atoms with E-state index in [1.54, 1.807) is 24.3 Å². The molecule has 2 unspecified atom stereocenters. The molecule has 68 heavy (non-hydrogen) atoms. The summed E-state index contributed by atoms with van der Waals surface area (Å²) in [7, 11) is -0.382. The summed E-state index contributed by atoms with van der Waals surface area (Å²) < 4.78 is 91.8. The molecule has 0 amide bonds. The molecule has 0 saturated carbocycles. The highest BCUT2D eigenvalue weighted by molar-refractivity contribution is 9.10. The molecule has 0 bridgehead atoms. The lowest BCUT2D eigenvalue weighted by Crippen LogP contribution is -2.46. The summed E-state index contributed by atoms with van der Waals surface area (Å²) in [5, 5.41) is 33.0. The number of alkyl halides is 6. The van der Waals surface area contributed by atoms with Crippen molar-refractivity contribution >= 4 is 51.3 Å². The van der Waals surface area contributed by atoms with Gasteiger partial charge in [0.2, 0.25) is 0 Å². The van der Waals surface area contributed by atoms with Crippen molar-refractivity contribution in [1.82, 2.24) is 30.0 Å². The van der Waals surface area contributed by atoms with Gasteiger partial charge in [-0.05, 0) is 118 Å². The van der Waals surface area contributed by atoms with Crippen molar-refractivity contribution in [2.45, 2.75) is 63.5 Å². The first-order valence-electron chi connectivity index (χ1n) is 21.9. The van der Waals surface area contributed by atoms with Gasteiger partial charge in [0.05, 0.1) is 35.0 Å². The quantitative estimate of drug-likeness (QED) is 0.110. The van der Waals surface area contributed by atoms with Crippen LogP contribution in [0.2, 0.25) is 0 Å². The highest BCUT2D eigenvalue weighted by Crippen LogP contribution is 2.37. The summed E-state index contributed by atoms with van der Waals surface area (Å²) in [5.41, 5.74) is 4.68.